The standard InChI is InChI=1S/C23H30N6OS/c1-17-5-4-12-29(16-17)18-8-13-28(14-9-18)22(30)21-15-26-23(31-21)27-20(7-10-24)19-6-2-3-11-25-19/h2-3,6,11,15,17-18,20H,4-5,7-9,12-14,16H2,1H3,(H,26,27)/t17-,20?/m1/s1. The number of piperidine rings is 2. The minimum Gasteiger partial charge on any atom is -0.352 e. The molecule has 0 aliphatic carbocycles. The Balaban J connectivity index is 1.33. The average molecular weight is 439 g/mol. The maximum Gasteiger partial charge on any atom is 0.265 e. The molecule has 0 aromatic carbocycles. The van der Waals surface area contributed by atoms with Gasteiger partial charge in [-0.05, 0) is 50.3 Å². The van der Waals surface area contributed by atoms with E-state index in [1.807, 2.05) is 23.1 Å². The van der Waals surface area contributed by atoms with Gasteiger partial charge in [0.2, 0.25) is 0 Å². The molecule has 4 heterocycles. The zero-order chi connectivity index (χ0) is 21.6. The Bertz CT molecular complexity index is 902. The molecule has 4 rings (SSSR count). The summed E-state index contributed by atoms with van der Waals surface area (Å²) < 4.78 is 0. The molecule has 2 fully saturated rings. The molecule has 1 unspecified atom stereocenters. The Morgan fingerprint density at radius 1 is 1.29 bits per heavy atom. The van der Waals surface area contributed by atoms with Crippen LogP contribution < -0.4 is 5.32 Å². The molecular weight excluding hydrogens is 408 g/mol. The number of thiazole rings is 1. The van der Waals surface area contributed by atoms with Gasteiger partial charge in [-0.3, -0.25) is 14.7 Å². The minimum atomic E-state index is -0.247. The molecule has 0 spiro atoms. The summed E-state index contributed by atoms with van der Waals surface area (Å²) in [5.74, 6) is 0.846. The number of hydrogen-bond acceptors (Lipinski definition) is 7. The number of nitrogens with zero attached hydrogens (tertiary/aromatic N) is 5. The van der Waals surface area contributed by atoms with Crippen molar-refractivity contribution < 1.29 is 4.79 Å². The van der Waals surface area contributed by atoms with Gasteiger partial charge in [-0.25, -0.2) is 4.98 Å². The van der Waals surface area contributed by atoms with Gasteiger partial charge in [0.1, 0.15) is 4.88 Å². The second-order valence-electron chi connectivity index (χ2n) is 8.61. The van der Waals surface area contributed by atoms with E-state index in [1.54, 1.807) is 12.4 Å². The Labute approximate surface area is 188 Å². The number of amides is 1. The summed E-state index contributed by atoms with van der Waals surface area (Å²) in [7, 11) is 0. The fourth-order valence-electron chi connectivity index (χ4n) is 4.64. The predicted molar refractivity (Wildman–Crippen MR) is 122 cm³/mol. The van der Waals surface area contributed by atoms with Crippen LogP contribution in [0.5, 0.6) is 0 Å². The van der Waals surface area contributed by atoms with Crippen molar-refractivity contribution in [2.24, 2.45) is 5.92 Å². The summed E-state index contributed by atoms with van der Waals surface area (Å²) >= 11 is 1.35. The van der Waals surface area contributed by atoms with Crippen LogP contribution in [0.15, 0.2) is 30.6 Å². The van der Waals surface area contributed by atoms with Crippen molar-refractivity contribution in [3.63, 3.8) is 0 Å². The normalized spacial score (nSPS) is 21.4. The zero-order valence-corrected chi connectivity index (χ0v) is 18.9. The molecule has 8 heteroatoms. The van der Waals surface area contributed by atoms with Gasteiger partial charge in [0.05, 0.1) is 30.4 Å². The van der Waals surface area contributed by atoms with Crippen molar-refractivity contribution in [2.45, 2.75) is 51.1 Å². The molecule has 0 bridgehead atoms. The first-order chi connectivity index (χ1) is 15.1. The molecule has 1 N–H and O–H groups in total. The molecule has 7 nitrogen and oxygen atoms in total. The Kier molecular flexibility index (Phi) is 7.15. The van der Waals surface area contributed by atoms with Crippen molar-refractivity contribution >= 4 is 22.4 Å². The van der Waals surface area contributed by atoms with Gasteiger partial charge in [-0.15, -0.1) is 0 Å². The van der Waals surface area contributed by atoms with E-state index < -0.39 is 0 Å². The van der Waals surface area contributed by atoms with Gasteiger partial charge in [0.15, 0.2) is 5.13 Å². The molecule has 1 amide bonds. The van der Waals surface area contributed by atoms with Gasteiger partial charge in [0, 0.05) is 31.9 Å². The number of pyridine rings is 1. The number of rotatable bonds is 6. The summed E-state index contributed by atoms with van der Waals surface area (Å²) in [6.07, 6.45) is 8.37. The third-order valence-corrected chi connectivity index (χ3v) is 7.23. The van der Waals surface area contributed by atoms with E-state index in [9.17, 15) is 10.1 Å². The largest absolute Gasteiger partial charge is 0.352 e. The number of carbonyl (C=O) groups excluding carboxylic acids is 1. The Morgan fingerprint density at radius 2 is 2.13 bits per heavy atom. The quantitative estimate of drug-likeness (QED) is 0.735. The van der Waals surface area contributed by atoms with Gasteiger partial charge < -0.3 is 10.2 Å². The zero-order valence-electron chi connectivity index (χ0n) is 18.0. The monoisotopic (exact) mass is 438 g/mol. The lowest BCUT2D eigenvalue weighted by atomic mass is 9.95. The van der Waals surface area contributed by atoms with Crippen LogP contribution in [-0.4, -0.2) is 57.9 Å². The lowest BCUT2D eigenvalue weighted by Crippen LogP contribution is -2.49. The third-order valence-electron chi connectivity index (χ3n) is 6.31. The maximum atomic E-state index is 13.0. The molecule has 31 heavy (non-hydrogen) atoms. The number of anilines is 1. The molecule has 2 atom stereocenters. The van der Waals surface area contributed by atoms with Crippen molar-refractivity contribution in [3.8, 4) is 6.07 Å². The van der Waals surface area contributed by atoms with Gasteiger partial charge >= 0.3 is 0 Å². The third kappa shape index (κ3) is 5.41. The highest BCUT2D eigenvalue weighted by Crippen LogP contribution is 2.28. The summed E-state index contributed by atoms with van der Waals surface area (Å²) in [6, 6.07) is 8.20. The van der Waals surface area contributed by atoms with Crippen molar-refractivity contribution in [3.05, 3.63) is 41.2 Å². The smallest absolute Gasteiger partial charge is 0.265 e. The minimum absolute atomic E-state index is 0.0608. The van der Waals surface area contributed by atoms with Crippen LogP contribution in [0, 0.1) is 17.2 Å². The number of hydrogen-bond donors (Lipinski definition) is 1. The molecule has 0 saturated carbocycles. The predicted octanol–water partition coefficient (Wildman–Crippen LogP) is 3.94. The Hall–Kier alpha value is -2.50. The highest BCUT2D eigenvalue weighted by atomic mass is 32.1. The van der Waals surface area contributed by atoms with E-state index in [1.165, 1.54) is 37.3 Å². The molecular formula is C23H30N6OS. The summed E-state index contributed by atoms with van der Waals surface area (Å²) in [5, 5.41) is 13.1. The number of aromatic nitrogens is 2. The van der Waals surface area contributed by atoms with E-state index in [0.29, 0.717) is 16.1 Å². The first kappa shape index (κ1) is 21.7. The highest BCUT2D eigenvalue weighted by Gasteiger charge is 2.30. The second-order valence-corrected chi connectivity index (χ2v) is 9.64. The van der Waals surface area contributed by atoms with Crippen LogP contribution in [0.4, 0.5) is 5.13 Å². The van der Waals surface area contributed by atoms with E-state index >= 15 is 0 Å². The average Bonchev–Trinajstić information content (AvgIpc) is 3.28. The fourth-order valence-corrected chi connectivity index (χ4v) is 5.48. The first-order valence-corrected chi connectivity index (χ1v) is 12.0. The number of carbonyl (C=O) groups is 1. The fraction of sp³-hybridized carbons (Fsp3) is 0.565. The van der Waals surface area contributed by atoms with E-state index in [-0.39, 0.29) is 18.4 Å². The summed E-state index contributed by atoms with van der Waals surface area (Å²) in [6.45, 7) is 6.35. The molecule has 0 radical (unpaired) electrons. The SMILES string of the molecule is C[C@@H]1CCCN(C2CCN(C(=O)c3cnc(NC(CC#N)c4ccccn4)s3)CC2)C1. The topological polar surface area (TPSA) is 85.1 Å². The Morgan fingerprint density at radius 3 is 2.84 bits per heavy atom. The van der Waals surface area contributed by atoms with Gasteiger partial charge in [-0.1, -0.05) is 24.3 Å². The van der Waals surface area contributed by atoms with E-state index in [2.05, 4.69) is 33.2 Å². The lowest BCUT2D eigenvalue weighted by molar-refractivity contribution is 0.0545. The molecule has 2 aromatic heterocycles. The number of nitrogens with one attached hydrogen (secondary N) is 1. The molecule has 2 aliphatic rings. The van der Waals surface area contributed by atoms with Crippen LogP contribution in [0.3, 0.4) is 0 Å². The molecule has 2 aromatic rings. The van der Waals surface area contributed by atoms with Crippen LogP contribution in [0.1, 0.15) is 60.4 Å². The van der Waals surface area contributed by atoms with Crippen molar-refractivity contribution in [1.29, 1.82) is 5.26 Å². The van der Waals surface area contributed by atoms with Gasteiger partial charge in [-0.2, -0.15) is 5.26 Å². The van der Waals surface area contributed by atoms with E-state index in [0.717, 1.165) is 37.5 Å². The highest BCUT2D eigenvalue weighted by molar-refractivity contribution is 7.17. The van der Waals surface area contributed by atoms with Crippen LogP contribution >= 0.6 is 11.3 Å². The molecule has 164 valence electrons. The van der Waals surface area contributed by atoms with Crippen molar-refractivity contribution in [2.75, 3.05) is 31.5 Å². The van der Waals surface area contributed by atoms with Crippen molar-refractivity contribution in [1.82, 2.24) is 19.8 Å². The first-order valence-electron chi connectivity index (χ1n) is 11.2. The van der Waals surface area contributed by atoms with E-state index in [4.69, 9.17) is 0 Å². The maximum absolute atomic E-state index is 13.0. The van der Waals surface area contributed by atoms with Crippen LogP contribution in [-0.2, 0) is 0 Å². The molecule has 2 aliphatic heterocycles. The molecule has 2 saturated heterocycles. The number of nitriles is 1. The van der Waals surface area contributed by atoms with Crippen LogP contribution in [0.25, 0.3) is 0 Å². The summed E-state index contributed by atoms with van der Waals surface area (Å²) in [4.78, 5) is 27.0. The summed E-state index contributed by atoms with van der Waals surface area (Å²) in [5.41, 5.74) is 0.793. The van der Waals surface area contributed by atoms with Gasteiger partial charge in [0.25, 0.3) is 5.91 Å². The van der Waals surface area contributed by atoms with Crippen LogP contribution in [0.2, 0.25) is 0 Å². The number of likely N-dealkylation sites (tertiary alicyclic amines) is 2. The second kappa shape index (κ2) is 10.2. The lowest BCUT2D eigenvalue weighted by Gasteiger charge is -2.41.